The molecule has 0 aliphatic carbocycles. The van der Waals surface area contributed by atoms with Crippen molar-refractivity contribution in [1.82, 2.24) is 5.32 Å². The molecule has 1 aliphatic heterocycles. The van der Waals surface area contributed by atoms with Crippen molar-refractivity contribution < 1.29 is 23.8 Å². The number of hydrogen-bond donors (Lipinski definition) is 1. The highest BCUT2D eigenvalue weighted by atomic mass is 32.2. The van der Waals surface area contributed by atoms with Crippen LogP contribution in [0.2, 0.25) is 0 Å². The first kappa shape index (κ1) is 17.1. The summed E-state index contributed by atoms with van der Waals surface area (Å²) >= 11 is 0.860. The molecular weight excluding hydrogens is 320 g/mol. The van der Waals surface area contributed by atoms with Crippen LogP contribution < -0.4 is 19.5 Å². The molecule has 0 unspecified atom stereocenters. The maximum absolute atomic E-state index is 12.4. The predicted molar refractivity (Wildman–Crippen MR) is 87.7 cm³/mol. The molecule has 1 N–H and O–H groups in total. The molecule has 0 bridgehead atoms. The first-order valence-corrected chi connectivity index (χ1v) is 7.70. The lowest BCUT2D eigenvalue weighted by Crippen LogP contribution is -2.36. The minimum atomic E-state index is -0.280. The second-order valence-corrected chi connectivity index (χ2v) is 5.80. The van der Waals surface area contributed by atoms with E-state index in [4.69, 9.17) is 14.2 Å². The van der Waals surface area contributed by atoms with E-state index in [1.165, 1.54) is 21.3 Å². The number of rotatable bonds is 4. The van der Waals surface area contributed by atoms with E-state index in [9.17, 15) is 9.59 Å². The number of ether oxygens (including phenoxy) is 3. The van der Waals surface area contributed by atoms with Crippen LogP contribution in [0.3, 0.4) is 0 Å². The summed E-state index contributed by atoms with van der Waals surface area (Å²) in [6.45, 7) is 1.82. The number of carbonyl (C=O) groups is 2. The van der Waals surface area contributed by atoms with Gasteiger partial charge in [-0.2, -0.15) is 0 Å². The highest BCUT2D eigenvalue weighted by Gasteiger charge is 2.23. The Balaban J connectivity index is 2.27. The van der Waals surface area contributed by atoms with Gasteiger partial charge in [-0.05, 0) is 30.8 Å². The summed E-state index contributed by atoms with van der Waals surface area (Å²) in [7, 11) is 4.45. The maximum atomic E-state index is 12.4. The SMILES string of the molecule is COc1cc(C(=O)SC2=N[C@H](C)CC(=O)N2)cc(OC)c1OC. The smallest absolute Gasteiger partial charge is 0.228 e. The third kappa shape index (κ3) is 3.95. The van der Waals surface area contributed by atoms with E-state index in [2.05, 4.69) is 10.3 Å². The molecule has 1 atom stereocenters. The van der Waals surface area contributed by atoms with Crippen LogP contribution >= 0.6 is 11.8 Å². The van der Waals surface area contributed by atoms with Crippen LogP contribution in [0, 0.1) is 0 Å². The zero-order valence-electron chi connectivity index (χ0n) is 13.3. The van der Waals surface area contributed by atoms with Gasteiger partial charge < -0.3 is 19.5 Å². The van der Waals surface area contributed by atoms with Crippen molar-refractivity contribution in [2.75, 3.05) is 21.3 Å². The van der Waals surface area contributed by atoms with Gasteiger partial charge in [0.1, 0.15) is 0 Å². The Hall–Kier alpha value is -2.22. The van der Waals surface area contributed by atoms with Gasteiger partial charge in [0.25, 0.3) is 0 Å². The molecule has 0 aromatic heterocycles. The molecule has 1 heterocycles. The molecule has 0 radical (unpaired) electrons. The minimum absolute atomic E-state index is 0.140. The zero-order chi connectivity index (χ0) is 17.0. The molecule has 124 valence electrons. The first-order chi connectivity index (χ1) is 11.0. The number of benzene rings is 1. The number of aliphatic imine (C=N–C) groups is 1. The van der Waals surface area contributed by atoms with Crippen LogP contribution in [-0.4, -0.2) is 43.6 Å². The molecule has 0 saturated heterocycles. The molecule has 1 aliphatic rings. The van der Waals surface area contributed by atoms with Crippen LogP contribution in [0.25, 0.3) is 0 Å². The second-order valence-electron chi connectivity index (χ2n) is 4.84. The number of nitrogens with one attached hydrogen (secondary N) is 1. The number of thioether (sulfide) groups is 1. The van der Waals surface area contributed by atoms with Gasteiger partial charge in [0, 0.05) is 12.0 Å². The Kier molecular flexibility index (Phi) is 5.49. The van der Waals surface area contributed by atoms with E-state index in [0.717, 1.165) is 11.8 Å². The van der Waals surface area contributed by atoms with Crippen molar-refractivity contribution in [3.05, 3.63) is 17.7 Å². The molecular formula is C15H18N2O5S. The fourth-order valence-electron chi connectivity index (χ4n) is 2.11. The minimum Gasteiger partial charge on any atom is -0.493 e. The molecule has 8 heteroatoms. The Morgan fingerprint density at radius 3 is 2.30 bits per heavy atom. The average molecular weight is 338 g/mol. The highest BCUT2D eigenvalue weighted by Crippen LogP contribution is 2.39. The molecule has 1 aromatic carbocycles. The average Bonchev–Trinajstić information content (AvgIpc) is 2.52. The Morgan fingerprint density at radius 2 is 1.83 bits per heavy atom. The van der Waals surface area contributed by atoms with Crippen molar-refractivity contribution in [2.24, 2.45) is 4.99 Å². The summed E-state index contributed by atoms with van der Waals surface area (Å²) in [5.74, 6) is 1.04. The van der Waals surface area contributed by atoms with Crippen LogP contribution in [0.5, 0.6) is 17.2 Å². The Labute approximate surface area is 138 Å². The van der Waals surface area contributed by atoms with Gasteiger partial charge in [0.2, 0.25) is 16.8 Å². The Morgan fingerprint density at radius 1 is 1.22 bits per heavy atom. The topological polar surface area (TPSA) is 86.2 Å². The molecule has 7 nitrogen and oxygen atoms in total. The van der Waals surface area contributed by atoms with Crippen molar-refractivity contribution in [3.63, 3.8) is 0 Å². The Bertz CT molecular complexity index is 634. The van der Waals surface area contributed by atoms with Crippen LogP contribution in [-0.2, 0) is 4.79 Å². The van der Waals surface area contributed by atoms with E-state index >= 15 is 0 Å². The zero-order valence-corrected chi connectivity index (χ0v) is 14.2. The lowest BCUT2D eigenvalue weighted by molar-refractivity contribution is -0.120. The van der Waals surface area contributed by atoms with E-state index in [1.807, 2.05) is 6.92 Å². The first-order valence-electron chi connectivity index (χ1n) is 6.88. The number of methoxy groups -OCH3 is 3. The summed E-state index contributed by atoms with van der Waals surface area (Å²) in [6.07, 6.45) is 0.322. The molecule has 2 rings (SSSR count). The molecule has 0 spiro atoms. The third-order valence-electron chi connectivity index (χ3n) is 3.15. The molecule has 1 amide bonds. The number of nitrogens with zero attached hydrogens (tertiary/aromatic N) is 1. The van der Waals surface area contributed by atoms with E-state index < -0.39 is 0 Å². The van der Waals surface area contributed by atoms with Crippen molar-refractivity contribution in [3.8, 4) is 17.2 Å². The van der Waals surface area contributed by atoms with Crippen molar-refractivity contribution in [2.45, 2.75) is 19.4 Å². The fraction of sp³-hybridized carbons (Fsp3) is 0.400. The summed E-state index contributed by atoms with van der Waals surface area (Å²) < 4.78 is 15.7. The van der Waals surface area contributed by atoms with Gasteiger partial charge in [-0.1, -0.05) is 0 Å². The van der Waals surface area contributed by atoms with E-state index in [0.29, 0.717) is 34.4 Å². The summed E-state index contributed by atoms with van der Waals surface area (Å²) in [5.41, 5.74) is 0.361. The van der Waals surface area contributed by atoms with Gasteiger partial charge in [-0.3, -0.25) is 14.6 Å². The third-order valence-corrected chi connectivity index (χ3v) is 3.98. The largest absolute Gasteiger partial charge is 0.493 e. The monoisotopic (exact) mass is 338 g/mol. The second kappa shape index (κ2) is 7.36. The molecule has 1 aromatic rings. The van der Waals surface area contributed by atoms with Gasteiger partial charge in [0.05, 0.1) is 27.4 Å². The number of carbonyl (C=O) groups excluding carboxylic acids is 2. The van der Waals surface area contributed by atoms with Crippen LogP contribution in [0.1, 0.15) is 23.7 Å². The number of amidine groups is 1. The van der Waals surface area contributed by atoms with Gasteiger partial charge >= 0.3 is 0 Å². The van der Waals surface area contributed by atoms with Gasteiger partial charge in [0.15, 0.2) is 16.7 Å². The number of amides is 1. The summed E-state index contributed by atoms with van der Waals surface area (Å²) in [5, 5.41) is 2.61. The van der Waals surface area contributed by atoms with Crippen LogP contribution in [0.4, 0.5) is 0 Å². The van der Waals surface area contributed by atoms with Crippen LogP contribution in [0.15, 0.2) is 17.1 Å². The predicted octanol–water partition coefficient (Wildman–Crippen LogP) is 1.85. The quantitative estimate of drug-likeness (QED) is 0.902. The van der Waals surface area contributed by atoms with Crippen molar-refractivity contribution >= 4 is 28.0 Å². The molecule has 0 fully saturated rings. The summed E-state index contributed by atoms with van der Waals surface area (Å²) in [4.78, 5) is 28.2. The number of hydrogen-bond acceptors (Lipinski definition) is 7. The highest BCUT2D eigenvalue weighted by molar-refractivity contribution is 8.26. The van der Waals surface area contributed by atoms with Gasteiger partial charge in [-0.15, -0.1) is 0 Å². The lowest BCUT2D eigenvalue weighted by atomic mass is 10.2. The normalized spacial score (nSPS) is 17.1. The molecule has 0 saturated carbocycles. The maximum Gasteiger partial charge on any atom is 0.228 e. The fourth-order valence-corrected chi connectivity index (χ4v) is 2.92. The standard InChI is InChI=1S/C15H18N2O5S/c1-8-5-12(18)17-15(16-8)23-14(19)9-6-10(20-2)13(22-4)11(7-9)21-3/h6-8H,5H2,1-4H3,(H,16,17,18)/t8-/m1/s1. The lowest BCUT2D eigenvalue weighted by Gasteiger charge is -2.17. The van der Waals surface area contributed by atoms with Crippen molar-refractivity contribution in [1.29, 1.82) is 0 Å². The summed E-state index contributed by atoms with van der Waals surface area (Å²) in [6, 6.07) is 2.98. The van der Waals surface area contributed by atoms with E-state index in [1.54, 1.807) is 12.1 Å². The molecule has 23 heavy (non-hydrogen) atoms. The van der Waals surface area contributed by atoms with E-state index in [-0.39, 0.29) is 17.1 Å². The van der Waals surface area contributed by atoms with Gasteiger partial charge in [-0.25, -0.2) is 0 Å².